The van der Waals surface area contributed by atoms with Crippen molar-refractivity contribution in [3.05, 3.63) is 29.3 Å². The van der Waals surface area contributed by atoms with E-state index in [0.717, 1.165) is 48.3 Å². The van der Waals surface area contributed by atoms with Crippen LogP contribution in [-0.4, -0.2) is 42.5 Å². The molecule has 0 aliphatic carbocycles. The van der Waals surface area contributed by atoms with E-state index >= 15 is 0 Å². The highest BCUT2D eigenvalue weighted by Crippen LogP contribution is 2.22. The van der Waals surface area contributed by atoms with Crippen LogP contribution in [0.2, 0.25) is 0 Å². The molecule has 1 saturated heterocycles. The Morgan fingerprint density at radius 2 is 2.25 bits per heavy atom. The van der Waals surface area contributed by atoms with Gasteiger partial charge in [-0.25, -0.2) is 4.98 Å². The molecule has 106 valence electrons. The summed E-state index contributed by atoms with van der Waals surface area (Å²) in [5, 5.41) is 3.22. The Hall–Kier alpha value is -1.46. The van der Waals surface area contributed by atoms with Gasteiger partial charge in [0.1, 0.15) is 0 Å². The molecule has 0 radical (unpaired) electrons. The molecular weight excluding hydrogens is 270 g/mol. The van der Waals surface area contributed by atoms with Gasteiger partial charge in [0.15, 0.2) is 0 Å². The van der Waals surface area contributed by atoms with Crippen molar-refractivity contribution in [2.45, 2.75) is 12.8 Å². The van der Waals surface area contributed by atoms with Crippen LogP contribution in [0.4, 0.5) is 0 Å². The van der Waals surface area contributed by atoms with Gasteiger partial charge in [-0.05, 0) is 50.6 Å². The van der Waals surface area contributed by atoms with Crippen molar-refractivity contribution in [3.8, 4) is 0 Å². The van der Waals surface area contributed by atoms with Gasteiger partial charge in [-0.3, -0.25) is 4.79 Å². The highest BCUT2D eigenvalue weighted by atomic mass is 32.1. The lowest BCUT2D eigenvalue weighted by Crippen LogP contribution is -2.40. The Kier molecular flexibility index (Phi) is 3.98. The zero-order valence-electron chi connectivity index (χ0n) is 11.6. The molecule has 0 bridgehead atoms. The van der Waals surface area contributed by atoms with E-state index < -0.39 is 0 Å². The summed E-state index contributed by atoms with van der Waals surface area (Å²) in [6.45, 7) is 2.78. The second kappa shape index (κ2) is 5.89. The summed E-state index contributed by atoms with van der Waals surface area (Å²) in [6.07, 6.45) is 2.19. The van der Waals surface area contributed by atoms with E-state index in [0.29, 0.717) is 5.92 Å². The number of nitrogens with zero attached hydrogens (tertiary/aromatic N) is 2. The highest BCUT2D eigenvalue weighted by Gasteiger charge is 2.23. The molecule has 1 aromatic carbocycles. The van der Waals surface area contributed by atoms with Crippen molar-refractivity contribution in [1.82, 2.24) is 15.2 Å². The Morgan fingerprint density at radius 3 is 3.00 bits per heavy atom. The van der Waals surface area contributed by atoms with E-state index in [-0.39, 0.29) is 5.91 Å². The number of likely N-dealkylation sites (tertiary alicyclic amines) is 1. The van der Waals surface area contributed by atoms with Gasteiger partial charge in [-0.2, -0.15) is 0 Å². The number of benzene rings is 1. The van der Waals surface area contributed by atoms with Crippen LogP contribution in [0.15, 0.2) is 23.7 Å². The van der Waals surface area contributed by atoms with Gasteiger partial charge in [0.05, 0.1) is 15.7 Å². The fraction of sp³-hybridized carbons (Fsp3) is 0.467. The molecule has 1 amide bonds. The van der Waals surface area contributed by atoms with Crippen LogP contribution in [0, 0.1) is 5.92 Å². The smallest absolute Gasteiger partial charge is 0.253 e. The van der Waals surface area contributed by atoms with Crippen molar-refractivity contribution in [2.75, 3.05) is 26.7 Å². The minimum atomic E-state index is 0.156. The van der Waals surface area contributed by atoms with Crippen LogP contribution in [-0.2, 0) is 0 Å². The number of thiazole rings is 1. The SMILES string of the molecule is CNCC1CCN(C(=O)c2ccc3ncsc3c2)CC1. The summed E-state index contributed by atoms with van der Waals surface area (Å²) in [5.74, 6) is 0.858. The lowest BCUT2D eigenvalue weighted by atomic mass is 9.96. The molecule has 1 fully saturated rings. The zero-order chi connectivity index (χ0) is 13.9. The molecule has 1 aliphatic heterocycles. The monoisotopic (exact) mass is 289 g/mol. The first-order chi connectivity index (χ1) is 9.78. The van der Waals surface area contributed by atoms with Crippen molar-refractivity contribution < 1.29 is 4.79 Å². The molecule has 1 aromatic heterocycles. The third kappa shape index (κ3) is 2.69. The summed E-state index contributed by atoms with van der Waals surface area (Å²) in [6, 6.07) is 5.80. The molecule has 2 heterocycles. The number of hydrogen-bond acceptors (Lipinski definition) is 4. The van der Waals surface area contributed by atoms with E-state index in [2.05, 4.69) is 10.3 Å². The Balaban J connectivity index is 1.69. The maximum atomic E-state index is 12.5. The number of fused-ring (bicyclic) bond motifs is 1. The van der Waals surface area contributed by atoms with Crippen molar-refractivity contribution in [1.29, 1.82) is 0 Å². The zero-order valence-corrected chi connectivity index (χ0v) is 12.4. The van der Waals surface area contributed by atoms with E-state index in [1.807, 2.05) is 35.7 Å². The Morgan fingerprint density at radius 1 is 1.45 bits per heavy atom. The number of piperidine rings is 1. The molecule has 2 aromatic rings. The summed E-state index contributed by atoms with van der Waals surface area (Å²) in [7, 11) is 1.99. The molecule has 3 rings (SSSR count). The molecule has 4 nitrogen and oxygen atoms in total. The maximum absolute atomic E-state index is 12.5. The summed E-state index contributed by atoms with van der Waals surface area (Å²) in [4.78, 5) is 18.8. The van der Waals surface area contributed by atoms with Crippen molar-refractivity contribution in [2.24, 2.45) is 5.92 Å². The number of rotatable bonds is 3. The number of carbonyl (C=O) groups is 1. The average molecular weight is 289 g/mol. The van der Waals surface area contributed by atoms with Gasteiger partial charge < -0.3 is 10.2 Å². The minimum Gasteiger partial charge on any atom is -0.339 e. The van der Waals surface area contributed by atoms with Gasteiger partial charge in [-0.15, -0.1) is 11.3 Å². The largest absolute Gasteiger partial charge is 0.339 e. The normalized spacial score (nSPS) is 16.8. The van der Waals surface area contributed by atoms with Crippen molar-refractivity contribution >= 4 is 27.5 Å². The van der Waals surface area contributed by atoms with Gasteiger partial charge in [-0.1, -0.05) is 0 Å². The lowest BCUT2D eigenvalue weighted by Gasteiger charge is -2.32. The van der Waals surface area contributed by atoms with E-state index in [9.17, 15) is 4.79 Å². The van der Waals surface area contributed by atoms with E-state index in [1.54, 1.807) is 11.3 Å². The molecule has 20 heavy (non-hydrogen) atoms. The maximum Gasteiger partial charge on any atom is 0.253 e. The van der Waals surface area contributed by atoms with Gasteiger partial charge >= 0.3 is 0 Å². The standard InChI is InChI=1S/C15H19N3OS/c1-16-9-11-4-6-18(7-5-11)15(19)12-2-3-13-14(8-12)20-10-17-13/h2-3,8,10-11,16H,4-7,9H2,1H3. The first kappa shape index (κ1) is 13.5. The second-order valence-electron chi connectivity index (χ2n) is 5.33. The van der Waals surface area contributed by atoms with Gasteiger partial charge in [0.2, 0.25) is 0 Å². The van der Waals surface area contributed by atoms with Crippen LogP contribution in [0.25, 0.3) is 10.2 Å². The average Bonchev–Trinajstić information content (AvgIpc) is 2.95. The molecule has 1 aliphatic rings. The first-order valence-electron chi connectivity index (χ1n) is 7.05. The number of hydrogen-bond donors (Lipinski definition) is 1. The third-order valence-electron chi connectivity index (χ3n) is 3.97. The molecule has 1 N–H and O–H groups in total. The Bertz CT molecular complexity index is 602. The molecule has 5 heteroatoms. The van der Waals surface area contributed by atoms with E-state index in [4.69, 9.17) is 0 Å². The van der Waals surface area contributed by atoms with Crippen molar-refractivity contribution in [3.63, 3.8) is 0 Å². The number of aromatic nitrogens is 1. The summed E-state index contributed by atoms with van der Waals surface area (Å²) >= 11 is 1.58. The predicted octanol–water partition coefficient (Wildman–Crippen LogP) is 2.37. The molecule has 0 spiro atoms. The molecule has 0 unspecified atom stereocenters. The second-order valence-corrected chi connectivity index (χ2v) is 6.21. The number of carbonyl (C=O) groups excluding carboxylic acids is 1. The summed E-state index contributed by atoms with van der Waals surface area (Å²) in [5.41, 5.74) is 3.58. The molecule has 0 saturated carbocycles. The van der Waals surface area contributed by atoms with Crippen LogP contribution in [0.3, 0.4) is 0 Å². The van der Waals surface area contributed by atoms with Crippen LogP contribution in [0.1, 0.15) is 23.2 Å². The predicted molar refractivity (Wildman–Crippen MR) is 82.2 cm³/mol. The molecule has 0 atom stereocenters. The van der Waals surface area contributed by atoms with Crippen LogP contribution in [0.5, 0.6) is 0 Å². The summed E-state index contributed by atoms with van der Waals surface area (Å²) < 4.78 is 1.08. The van der Waals surface area contributed by atoms with E-state index in [1.165, 1.54) is 0 Å². The van der Waals surface area contributed by atoms with Crippen LogP contribution >= 0.6 is 11.3 Å². The van der Waals surface area contributed by atoms with Gasteiger partial charge in [0, 0.05) is 18.7 Å². The first-order valence-corrected chi connectivity index (χ1v) is 7.93. The number of nitrogens with one attached hydrogen (secondary N) is 1. The highest BCUT2D eigenvalue weighted by molar-refractivity contribution is 7.16. The lowest BCUT2D eigenvalue weighted by molar-refractivity contribution is 0.0691. The van der Waals surface area contributed by atoms with Gasteiger partial charge in [0.25, 0.3) is 5.91 Å². The molecular formula is C15H19N3OS. The third-order valence-corrected chi connectivity index (χ3v) is 4.76. The Labute approximate surface area is 122 Å². The topological polar surface area (TPSA) is 45.2 Å². The quantitative estimate of drug-likeness (QED) is 0.943. The minimum absolute atomic E-state index is 0.156. The van der Waals surface area contributed by atoms with Crippen LogP contribution < -0.4 is 5.32 Å². The fourth-order valence-electron chi connectivity index (χ4n) is 2.80. The number of amides is 1. The fourth-order valence-corrected chi connectivity index (χ4v) is 3.52.